The van der Waals surface area contributed by atoms with Crippen molar-refractivity contribution in [3.8, 4) is 0 Å². The van der Waals surface area contributed by atoms with Crippen LogP contribution in [0.5, 0.6) is 0 Å². The first-order valence-electron chi connectivity index (χ1n) is 10.1. The van der Waals surface area contributed by atoms with Crippen LogP contribution < -0.4 is 10.2 Å². The van der Waals surface area contributed by atoms with Gasteiger partial charge in [0.15, 0.2) is 5.84 Å². The summed E-state index contributed by atoms with van der Waals surface area (Å²) in [6, 6.07) is 7.92. The molecule has 1 unspecified atom stereocenters. The second kappa shape index (κ2) is 6.96. The van der Waals surface area contributed by atoms with Crippen LogP contribution >= 0.6 is 0 Å². The van der Waals surface area contributed by atoms with Crippen LogP contribution in [0.15, 0.2) is 29.4 Å². The van der Waals surface area contributed by atoms with Gasteiger partial charge < -0.3 is 10.2 Å². The molecule has 1 atom stereocenters. The minimum atomic E-state index is -0.129. The maximum absolute atomic E-state index is 13.7. The summed E-state index contributed by atoms with van der Waals surface area (Å²) in [5, 5.41) is 17.7. The number of hydrogen-bond donors (Lipinski definition) is 2. The number of carbonyl (C=O) groups is 1. The highest BCUT2D eigenvalue weighted by atomic mass is 16.2. The standard InChI is InChI=1S/C21H29N7O/c1-13(2)28(27(5)6)21(29)17-11-15(26(3)4)9-10-16(17)20(25-28)22-19-12-18(23-24-19)14-7-8-14/h9-14H,7-8H2,1-6H3,(H-,22,23,24,25,29)/p+1. The molecule has 4 rings (SSSR count). The predicted octanol–water partition coefficient (Wildman–Crippen LogP) is 2.98. The molecule has 2 N–H and O–H groups in total. The van der Waals surface area contributed by atoms with E-state index in [-0.39, 0.29) is 16.7 Å². The SMILES string of the molecule is CC(C)[N+]1(N(C)C)N=C(Nc2cc(C3CC3)n[nH]2)c2ccc(N(C)C)cc2C1=O. The molecular formula is C21H30N7O+. The fourth-order valence-electron chi connectivity index (χ4n) is 3.92. The zero-order valence-corrected chi connectivity index (χ0v) is 18.0. The highest BCUT2D eigenvalue weighted by molar-refractivity contribution is 6.15. The molecule has 2 aliphatic rings. The minimum absolute atomic E-state index is 0.0301. The van der Waals surface area contributed by atoms with Gasteiger partial charge in [-0.1, -0.05) is 4.70 Å². The van der Waals surface area contributed by atoms with Gasteiger partial charge in [0.1, 0.15) is 11.9 Å². The molecule has 2 aromatic rings. The summed E-state index contributed by atoms with van der Waals surface area (Å²) in [5.41, 5.74) is 3.54. The number of amidine groups is 1. The Morgan fingerprint density at radius 1 is 1.14 bits per heavy atom. The highest BCUT2D eigenvalue weighted by Crippen LogP contribution is 2.39. The van der Waals surface area contributed by atoms with E-state index in [2.05, 4.69) is 15.5 Å². The molecule has 1 aliphatic carbocycles. The first-order chi connectivity index (χ1) is 13.7. The predicted molar refractivity (Wildman–Crippen MR) is 115 cm³/mol. The number of rotatable bonds is 5. The second-order valence-electron chi connectivity index (χ2n) is 8.57. The smallest absolute Gasteiger partial charge is 0.378 e. The number of amides is 1. The molecule has 1 aromatic heterocycles. The number of nitrogens with one attached hydrogen (secondary N) is 2. The quantitative estimate of drug-likeness (QED) is 0.760. The molecule has 8 nitrogen and oxygen atoms in total. The fourth-order valence-corrected chi connectivity index (χ4v) is 3.92. The lowest BCUT2D eigenvalue weighted by molar-refractivity contribution is -0.983. The third-order valence-electron chi connectivity index (χ3n) is 5.73. The van der Waals surface area contributed by atoms with Crippen molar-refractivity contribution in [3.63, 3.8) is 0 Å². The van der Waals surface area contributed by atoms with Crippen molar-refractivity contribution in [2.45, 2.75) is 38.6 Å². The Labute approximate surface area is 171 Å². The van der Waals surface area contributed by atoms with Crippen molar-refractivity contribution in [3.05, 3.63) is 41.1 Å². The maximum atomic E-state index is 13.7. The van der Waals surface area contributed by atoms with Crippen molar-refractivity contribution in [1.82, 2.24) is 15.2 Å². The van der Waals surface area contributed by atoms with E-state index in [1.807, 2.05) is 76.2 Å². The number of aromatic amines is 1. The average molecular weight is 397 g/mol. The summed E-state index contributed by atoms with van der Waals surface area (Å²) in [5.74, 6) is 2.00. The average Bonchev–Trinajstić information content (AvgIpc) is 3.42. The number of nitrogens with zero attached hydrogens (tertiary/aromatic N) is 5. The molecule has 0 radical (unpaired) electrons. The molecule has 8 heteroatoms. The molecule has 0 bridgehead atoms. The van der Waals surface area contributed by atoms with E-state index < -0.39 is 0 Å². The van der Waals surface area contributed by atoms with Gasteiger partial charge in [-0.15, -0.1) is 5.01 Å². The van der Waals surface area contributed by atoms with Crippen LogP contribution in [0.3, 0.4) is 0 Å². The van der Waals surface area contributed by atoms with E-state index >= 15 is 0 Å². The zero-order valence-electron chi connectivity index (χ0n) is 18.0. The fraction of sp³-hybridized carbons (Fsp3) is 0.476. The molecular weight excluding hydrogens is 366 g/mol. The molecule has 2 heterocycles. The lowest BCUT2D eigenvalue weighted by Gasteiger charge is -2.40. The van der Waals surface area contributed by atoms with Crippen molar-refractivity contribution < 1.29 is 9.50 Å². The van der Waals surface area contributed by atoms with Crippen LogP contribution in [0.4, 0.5) is 11.5 Å². The summed E-state index contributed by atoms with van der Waals surface area (Å²) in [4.78, 5) is 15.7. The van der Waals surface area contributed by atoms with Crippen molar-refractivity contribution in [1.29, 1.82) is 0 Å². The topological polar surface area (TPSA) is 76.6 Å². The number of benzene rings is 1. The summed E-state index contributed by atoms with van der Waals surface area (Å²) in [6.07, 6.45) is 2.40. The molecule has 1 amide bonds. The van der Waals surface area contributed by atoms with Crippen LogP contribution in [0.2, 0.25) is 0 Å². The Bertz CT molecular complexity index is 961. The second-order valence-corrected chi connectivity index (χ2v) is 8.57. The van der Waals surface area contributed by atoms with E-state index in [9.17, 15) is 4.79 Å². The molecule has 0 saturated heterocycles. The highest BCUT2D eigenvalue weighted by Gasteiger charge is 2.50. The van der Waals surface area contributed by atoms with Gasteiger partial charge in [-0.05, 0) is 50.0 Å². The van der Waals surface area contributed by atoms with Gasteiger partial charge in [-0.2, -0.15) is 5.10 Å². The Morgan fingerprint density at radius 2 is 1.86 bits per heavy atom. The van der Waals surface area contributed by atoms with Crippen LogP contribution in [0.1, 0.15) is 54.2 Å². The van der Waals surface area contributed by atoms with Gasteiger partial charge in [0.05, 0.1) is 11.3 Å². The van der Waals surface area contributed by atoms with Gasteiger partial charge in [-0.25, -0.2) is 4.79 Å². The van der Waals surface area contributed by atoms with Gasteiger partial charge in [-0.3, -0.25) is 5.10 Å². The van der Waals surface area contributed by atoms with Gasteiger partial charge in [0, 0.05) is 51.4 Å². The molecule has 1 fully saturated rings. The molecule has 1 aromatic carbocycles. The van der Waals surface area contributed by atoms with Crippen LogP contribution in [-0.4, -0.2) is 65.9 Å². The summed E-state index contributed by atoms with van der Waals surface area (Å²) >= 11 is 0. The maximum Gasteiger partial charge on any atom is 0.392 e. The summed E-state index contributed by atoms with van der Waals surface area (Å²) in [7, 11) is 7.73. The van der Waals surface area contributed by atoms with Crippen LogP contribution in [0, 0.1) is 0 Å². The third-order valence-corrected chi connectivity index (χ3v) is 5.73. The normalized spacial score (nSPS) is 21.4. The number of fused-ring (bicyclic) bond motifs is 1. The number of anilines is 2. The van der Waals surface area contributed by atoms with Crippen molar-refractivity contribution >= 4 is 23.2 Å². The van der Waals surface area contributed by atoms with Crippen molar-refractivity contribution in [2.75, 3.05) is 38.4 Å². The number of carbonyl (C=O) groups excluding carboxylic acids is 1. The van der Waals surface area contributed by atoms with Crippen LogP contribution in [0.25, 0.3) is 0 Å². The van der Waals surface area contributed by atoms with E-state index in [1.165, 1.54) is 12.8 Å². The van der Waals surface area contributed by atoms with Gasteiger partial charge >= 0.3 is 5.91 Å². The number of H-pyrrole nitrogens is 1. The first kappa shape index (κ1) is 19.6. The van der Waals surface area contributed by atoms with E-state index in [0.29, 0.717) is 17.3 Å². The summed E-state index contributed by atoms with van der Waals surface area (Å²) < 4.78 is -0.129. The molecule has 1 aliphatic heterocycles. The van der Waals surface area contributed by atoms with E-state index in [0.717, 1.165) is 22.8 Å². The van der Waals surface area contributed by atoms with Gasteiger partial charge in [0.25, 0.3) is 0 Å². The minimum Gasteiger partial charge on any atom is -0.378 e. The molecule has 29 heavy (non-hydrogen) atoms. The Kier molecular flexibility index (Phi) is 4.71. The first-order valence-corrected chi connectivity index (χ1v) is 10.1. The lowest BCUT2D eigenvalue weighted by Crippen LogP contribution is -2.63. The van der Waals surface area contributed by atoms with Crippen LogP contribution in [-0.2, 0) is 0 Å². The number of quaternary nitrogens is 1. The lowest BCUT2D eigenvalue weighted by atomic mass is 10.0. The Balaban J connectivity index is 1.82. The van der Waals surface area contributed by atoms with E-state index in [4.69, 9.17) is 5.10 Å². The van der Waals surface area contributed by atoms with Crippen molar-refractivity contribution in [2.24, 2.45) is 5.10 Å². The zero-order chi connectivity index (χ0) is 20.9. The monoisotopic (exact) mass is 396 g/mol. The summed E-state index contributed by atoms with van der Waals surface area (Å²) in [6.45, 7) is 4.03. The van der Waals surface area contributed by atoms with Gasteiger partial charge in [0.2, 0.25) is 0 Å². The third kappa shape index (κ3) is 3.22. The number of hydrogen-bond acceptors (Lipinski definition) is 6. The largest absolute Gasteiger partial charge is 0.392 e. The molecule has 154 valence electrons. The molecule has 0 spiro atoms. The molecule has 1 saturated carbocycles. The Morgan fingerprint density at radius 3 is 2.45 bits per heavy atom. The number of aromatic nitrogens is 2. The Hall–Kier alpha value is -2.71. The van der Waals surface area contributed by atoms with E-state index in [1.54, 1.807) is 0 Å².